The summed E-state index contributed by atoms with van der Waals surface area (Å²) in [5.41, 5.74) is 1.08. The molecule has 7 heteroatoms. The molecule has 2 N–H and O–H groups in total. The first-order valence-corrected chi connectivity index (χ1v) is 7.66. The van der Waals surface area contributed by atoms with Crippen LogP contribution in [0.15, 0.2) is 42.6 Å². The number of benzene rings is 1. The molecule has 1 unspecified atom stereocenters. The number of aromatic nitrogens is 1. The summed E-state index contributed by atoms with van der Waals surface area (Å²) >= 11 is 11.6. The van der Waals surface area contributed by atoms with Gasteiger partial charge in [0, 0.05) is 16.2 Å². The van der Waals surface area contributed by atoms with E-state index in [1.165, 1.54) is 12.3 Å². The lowest BCUT2D eigenvalue weighted by atomic mass is 10.1. The summed E-state index contributed by atoms with van der Waals surface area (Å²) in [6.45, 7) is 1.70. The van der Waals surface area contributed by atoms with Crippen LogP contribution < -0.4 is 10.6 Å². The third-order valence-electron chi connectivity index (χ3n) is 3.11. The fraction of sp³-hybridized carbons (Fsp3) is 0.188. The van der Waals surface area contributed by atoms with E-state index in [2.05, 4.69) is 15.6 Å². The summed E-state index contributed by atoms with van der Waals surface area (Å²) < 4.78 is 0. The maximum atomic E-state index is 11.9. The highest BCUT2D eigenvalue weighted by Crippen LogP contribution is 2.15. The topological polar surface area (TPSA) is 71.1 Å². The van der Waals surface area contributed by atoms with E-state index in [1.54, 1.807) is 18.2 Å². The van der Waals surface area contributed by atoms with Crippen LogP contribution in [0.1, 0.15) is 29.0 Å². The zero-order valence-electron chi connectivity index (χ0n) is 12.3. The van der Waals surface area contributed by atoms with E-state index in [-0.39, 0.29) is 24.2 Å². The van der Waals surface area contributed by atoms with Crippen LogP contribution in [0.5, 0.6) is 0 Å². The number of nitrogens with zero attached hydrogens (tertiary/aromatic N) is 1. The van der Waals surface area contributed by atoms with Crippen LogP contribution in [0.3, 0.4) is 0 Å². The maximum Gasteiger partial charge on any atom is 0.270 e. The van der Waals surface area contributed by atoms with Crippen LogP contribution in [0.25, 0.3) is 0 Å². The first-order chi connectivity index (χ1) is 11.0. The predicted octanol–water partition coefficient (Wildman–Crippen LogP) is 3.00. The number of hydrogen-bond donors (Lipinski definition) is 2. The molecule has 0 bridgehead atoms. The minimum Gasteiger partial charge on any atom is -0.348 e. The average Bonchev–Trinajstić information content (AvgIpc) is 2.53. The van der Waals surface area contributed by atoms with Gasteiger partial charge >= 0.3 is 0 Å². The largest absolute Gasteiger partial charge is 0.348 e. The van der Waals surface area contributed by atoms with E-state index in [0.717, 1.165) is 5.56 Å². The molecule has 0 fully saturated rings. The van der Waals surface area contributed by atoms with Gasteiger partial charge in [-0.05, 0) is 36.8 Å². The van der Waals surface area contributed by atoms with Gasteiger partial charge in [0.2, 0.25) is 5.91 Å². The zero-order chi connectivity index (χ0) is 16.8. The summed E-state index contributed by atoms with van der Waals surface area (Å²) in [4.78, 5) is 27.7. The SMILES string of the molecule is CC(NC(=O)CNC(=O)c1cc(Cl)ccn1)c1ccc(Cl)cc1. The molecule has 2 aromatic rings. The molecule has 23 heavy (non-hydrogen) atoms. The number of pyridine rings is 1. The fourth-order valence-electron chi connectivity index (χ4n) is 1.91. The maximum absolute atomic E-state index is 11.9. The molecule has 2 amide bonds. The summed E-state index contributed by atoms with van der Waals surface area (Å²) in [5.74, 6) is -0.760. The summed E-state index contributed by atoms with van der Waals surface area (Å²) in [6, 6.07) is 9.99. The van der Waals surface area contributed by atoms with Crippen LogP contribution in [-0.2, 0) is 4.79 Å². The van der Waals surface area contributed by atoms with Gasteiger partial charge < -0.3 is 10.6 Å². The van der Waals surface area contributed by atoms with Crippen LogP contribution in [-0.4, -0.2) is 23.3 Å². The molecule has 0 saturated heterocycles. The number of rotatable bonds is 5. The molecule has 120 valence electrons. The molecule has 1 aromatic heterocycles. The van der Waals surface area contributed by atoms with Gasteiger partial charge in [0.25, 0.3) is 5.91 Å². The van der Waals surface area contributed by atoms with Crippen LogP contribution >= 0.6 is 23.2 Å². The smallest absolute Gasteiger partial charge is 0.270 e. The van der Waals surface area contributed by atoms with Crippen molar-refractivity contribution in [3.63, 3.8) is 0 Å². The van der Waals surface area contributed by atoms with E-state index < -0.39 is 5.91 Å². The van der Waals surface area contributed by atoms with Crippen molar-refractivity contribution in [1.29, 1.82) is 0 Å². The summed E-state index contributed by atoms with van der Waals surface area (Å²) in [6.07, 6.45) is 1.43. The van der Waals surface area contributed by atoms with E-state index in [1.807, 2.05) is 19.1 Å². The fourth-order valence-corrected chi connectivity index (χ4v) is 2.19. The molecular weight excluding hydrogens is 337 g/mol. The van der Waals surface area contributed by atoms with Crippen molar-refractivity contribution >= 4 is 35.0 Å². The van der Waals surface area contributed by atoms with Crippen LogP contribution in [0, 0.1) is 0 Å². The molecule has 1 atom stereocenters. The van der Waals surface area contributed by atoms with Crippen molar-refractivity contribution in [2.24, 2.45) is 0 Å². The Balaban J connectivity index is 1.85. The normalized spacial score (nSPS) is 11.6. The van der Waals surface area contributed by atoms with Crippen molar-refractivity contribution in [2.75, 3.05) is 6.54 Å². The Morgan fingerprint density at radius 1 is 1.13 bits per heavy atom. The van der Waals surface area contributed by atoms with Gasteiger partial charge in [-0.15, -0.1) is 0 Å². The molecule has 1 heterocycles. The molecule has 0 saturated carbocycles. The van der Waals surface area contributed by atoms with Crippen molar-refractivity contribution in [3.05, 3.63) is 63.9 Å². The standard InChI is InChI=1S/C16H15Cl2N3O2/c1-10(11-2-4-12(17)5-3-11)21-15(22)9-20-16(23)14-8-13(18)6-7-19-14/h2-8,10H,9H2,1H3,(H,20,23)(H,21,22). The van der Waals surface area contributed by atoms with Crippen molar-refractivity contribution in [2.45, 2.75) is 13.0 Å². The van der Waals surface area contributed by atoms with Crippen LogP contribution in [0.2, 0.25) is 10.0 Å². The van der Waals surface area contributed by atoms with E-state index in [0.29, 0.717) is 10.0 Å². The van der Waals surface area contributed by atoms with Gasteiger partial charge in [0.05, 0.1) is 12.6 Å². The van der Waals surface area contributed by atoms with Gasteiger partial charge in [-0.2, -0.15) is 0 Å². The Morgan fingerprint density at radius 2 is 1.83 bits per heavy atom. The zero-order valence-corrected chi connectivity index (χ0v) is 13.9. The lowest BCUT2D eigenvalue weighted by Crippen LogP contribution is -2.38. The summed E-state index contributed by atoms with van der Waals surface area (Å²) in [5, 5.41) is 6.33. The second kappa shape index (κ2) is 7.94. The lowest BCUT2D eigenvalue weighted by molar-refractivity contribution is -0.120. The van der Waals surface area contributed by atoms with Gasteiger partial charge in [-0.1, -0.05) is 35.3 Å². The Morgan fingerprint density at radius 3 is 2.48 bits per heavy atom. The van der Waals surface area contributed by atoms with Gasteiger partial charge in [-0.25, -0.2) is 0 Å². The monoisotopic (exact) mass is 351 g/mol. The van der Waals surface area contributed by atoms with Gasteiger partial charge in [0.15, 0.2) is 0 Å². The molecule has 0 radical (unpaired) electrons. The molecule has 0 aliphatic heterocycles. The van der Waals surface area contributed by atoms with Crippen molar-refractivity contribution < 1.29 is 9.59 Å². The molecule has 2 rings (SSSR count). The number of carbonyl (C=O) groups excluding carboxylic acids is 2. The molecule has 0 aliphatic rings. The van der Waals surface area contributed by atoms with Crippen molar-refractivity contribution in [1.82, 2.24) is 15.6 Å². The molecule has 0 aliphatic carbocycles. The number of nitrogens with one attached hydrogen (secondary N) is 2. The number of amides is 2. The number of carbonyl (C=O) groups is 2. The third-order valence-corrected chi connectivity index (χ3v) is 3.60. The quantitative estimate of drug-likeness (QED) is 0.869. The lowest BCUT2D eigenvalue weighted by Gasteiger charge is -2.14. The van der Waals surface area contributed by atoms with Crippen LogP contribution in [0.4, 0.5) is 0 Å². The highest BCUT2D eigenvalue weighted by molar-refractivity contribution is 6.31. The van der Waals surface area contributed by atoms with E-state index in [9.17, 15) is 9.59 Å². The minimum absolute atomic E-state index is 0.148. The Kier molecular flexibility index (Phi) is 5.96. The Labute approximate surface area is 144 Å². The third kappa shape index (κ3) is 5.23. The number of hydrogen-bond acceptors (Lipinski definition) is 3. The Hall–Kier alpha value is -2.11. The molecular formula is C16H15Cl2N3O2. The van der Waals surface area contributed by atoms with E-state index >= 15 is 0 Å². The molecule has 5 nitrogen and oxygen atoms in total. The highest BCUT2D eigenvalue weighted by Gasteiger charge is 2.12. The Bertz CT molecular complexity index is 705. The first kappa shape index (κ1) is 17.2. The molecule has 0 spiro atoms. The van der Waals surface area contributed by atoms with Gasteiger partial charge in [0.1, 0.15) is 5.69 Å². The highest BCUT2D eigenvalue weighted by atomic mass is 35.5. The average molecular weight is 352 g/mol. The summed E-state index contributed by atoms with van der Waals surface area (Å²) in [7, 11) is 0. The van der Waals surface area contributed by atoms with Gasteiger partial charge in [-0.3, -0.25) is 14.6 Å². The molecule has 1 aromatic carbocycles. The minimum atomic E-state index is -0.457. The number of halogens is 2. The second-order valence-electron chi connectivity index (χ2n) is 4.88. The van der Waals surface area contributed by atoms with Crippen molar-refractivity contribution in [3.8, 4) is 0 Å². The second-order valence-corrected chi connectivity index (χ2v) is 5.76. The predicted molar refractivity (Wildman–Crippen MR) is 89.6 cm³/mol. The first-order valence-electron chi connectivity index (χ1n) is 6.90. The van der Waals surface area contributed by atoms with E-state index in [4.69, 9.17) is 23.2 Å².